The fourth-order valence-electron chi connectivity index (χ4n) is 1.65. The highest BCUT2D eigenvalue weighted by molar-refractivity contribution is 8.01. The molecular formula is C15H16FN3O2S2. The molecule has 8 heteroatoms. The van der Waals surface area contributed by atoms with Gasteiger partial charge in [-0.1, -0.05) is 48.2 Å². The molecule has 5 nitrogen and oxygen atoms in total. The Hall–Kier alpha value is -1.93. The van der Waals surface area contributed by atoms with Crippen LogP contribution < -0.4 is 10.1 Å². The zero-order chi connectivity index (χ0) is 16.7. The number of rotatable bonds is 8. The lowest BCUT2D eigenvalue weighted by Gasteiger charge is -2.16. The molecule has 1 heterocycles. The van der Waals surface area contributed by atoms with Gasteiger partial charge in [-0.2, -0.15) is 0 Å². The Kier molecular flexibility index (Phi) is 6.54. The molecule has 2 aromatic rings. The van der Waals surface area contributed by atoms with E-state index in [1.807, 2.05) is 0 Å². The van der Waals surface area contributed by atoms with Crippen molar-refractivity contribution in [2.75, 3.05) is 11.1 Å². The monoisotopic (exact) mass is 353 g/mol. The molecule has 0 radical (unpaired) electrons. The summed E-state index contributed by atoms with van der Waals surface area (Å²) in [4.78, 5) is 12.2. The maximum atomic E-state index is 13.6. The number of nitrogens with zero attached hydrogens (tertiary/aromatic N) is 2. The van der Waals surface area contributed by atoms with Crippen LogP contribution in [0.5, 0.6) is 5.75 Å². The van der Waals surface area contributed by atoms with Crippen molar-refractivity contribution in [1.29, 1.82) is 0 Å². The number of ether oxygens (including phenoxy) is 1. The van der Waals surface area contributed by atoms with Crippen molar-refractivity contribution in [3.63, 3.8) is 0 Å². The Labute approximate surface area is 142 Å². The average Bonchev–Trinajstić information content (AvgIpc) is 2.99. The van der Waals surface area contributed by atoms with Crippen molar-refractivity contribution in [3.8, 4) is 5.75 Å². The summed E-state index contributed by atoms with van der Waals surface area (Å²) in [7, 11) is 0. The quantitative estimate of drug-likeness (QED) is 0.445. The summed E-state index contributed by atoms with van der Waals surface area (Å²) in [6.07, 6.45) is 1.36. The number of benzene rings is 1. The third kappa shape index (κ3) is 5.04. The van der Waals surface area contributed by atoms with E-state index in [4.69, 9.17) is 4.74 Å². The zero-order valence-electron chi connectivity index (χ0n) is 12.5. The third-order valence-corrected chi connectivity index (χ3v) is 4.70. The predicted octanol–water partition coefficient (Wildman–Crippen LogP) is 3.75. The van der Waals surface area contributed by atoms with E-state index in [0.717, 1.165) is 10.1 Å². The van der Waals surface area contributed by atoms with Crippen molar-refractivity contribution in [1.82, 2.24) is 10.2 Å². The van der Waals surface area contributed by atoms with E-state index in [2.05, 4.69) is 22.1 Å². The molecule has 122 valence electrons. The minimum absolute atomic E-state index is 0.0500. The first-order chi connectivity index (χ1) is 11.1. The van der Waals surface area contributed by atoms with E-state index < -0.39 is 11.9 Å². The first-order valence-corrected chi connectivity index (χ1v) is 8.73. The van der Waals surface area contributed by atoms with Crippen molar-refractivity contribution < 1.29 is 13.9 Å². The maximum Gasteiger partial charge on any atom is 0.267 e. The molecule has 1 N–H and O–H groups in total. The van der Waals surface area contributed by atoms with Gasteiger partial charge in [0.2, 0.25) is 5.13 Å². The summed E-state index contributed by atoms with van der Waals surface area (Å²) >= 11 is 2.75. The van der Waals surface area contributed by atoms with Gasteiger partial charge in [-0.25, -0.2) is 4.39 Å². The number of hydrogen-bond donors (Lipinski definition) is 1. The first-order valence-electron chi connectivity index (χ1n) is 6.93. The molecule has 1 aromatic carbocycles. The first kappa shape index (κ1) is 17.4. The minimum Gasteiger partial charge on any atom is -0.478 e. The van der Waals surface area contributed by atoms with Crippen LogP contribution in [0.2, 0.25) is 0 Å². The largest absolute Gasteiger partial charge is 0.478 e. The van der Waals surface area contributed by atoms with Crippen molar-refractivity contribution in [2.24, 2.45) is 0 Å². The van der Waals surface area contributed by atoms with E-state index in [1.54, 1.807) is 25.1 Å². The molecule has 0 saturated carbocycles. The summed E-state index contributed by atoms with van der Waals surface area (Å²) in [5.74, 6) is -0.116. The van der Waals surface area contributed by atoms with Crippen molar-refractivity contribution in [2.45, 2.75) is 23.8 Å². The highest BCUT2D eigenvalue weighted by Gasteiger charge is 2.21. The summed E-state index contributed by atoms with van der Waals surface area (Å²) in [5, 5.41) is 10.9. The van der Waals surface area contributed by atoms with Crippen LogP contribution in [0.4, 0.5) is 9.52 Å². The summed E-state index contributed by atoms with van der Waals surface area (Å²) < 4.78 is 19.8. The summed E-state index contributed by atoms with van der Waals surface area (Å²) in [6.45, 7) is 5.42. The second-order valence-electron chi connectivity index (χ2n) is 4.41. The molecule has 0 saturated heterocycles. The van der Waals surface area contributed by atoms with E-state index >= 15 is 0 Å². The molecule has 0 bridgehead atoms. The Morgan fingerprint density at radius 2 is 2.30 bits per heavy atom. The number of hydrogen-bond acceptors (Lipinski definition) is 6. The van der Waals surface area contributed by atoms with E-state index in [9.17, 15) is 9.18 Å². The highest BCUT2D eigenvalue weighted by atomic mass is 32.2. The van der Waals surface area contributed by atoms with Gasteiger partial charge in [0.05, 0.1) is 0 Å². The van der Waals surface area contributed by atoms with Gasteiger partial charge in [0.25, 0.3) is 5.91 Å². The van der Waals surface area contributed by atoms with Gasteiger partial charge in [-0.15, -0.1) is 16.8 Å². The van der Waals surface area contributed by atoms with Crippen LogP contribution in [0, 0.1) is 5.82 Å². The fraction of sp³-hybridized carbons (Fsp3) is 0.267. The van der Waals surface area contributed by atoms with Gasteiger partial charge in [-0.05, 0) is 18.6 Å². The molecule has 1 aromatic heterocycles. The number of anilines is 1. The molecular weight excluding hydrogens is 337 g/mol. The van der Waals surface area contributed by atoms with Gasteiger partial charge in [-0.3, -0.25) is 10.1 Å². The Morgan fingerprint density at radius 3 is 3.00 bits per heavy atom. The molecule has 1 unspecified atom stereocenters. The molecule has 23 heavy (non-hydrogen) atoms. The van der Waals surface area contributed by atoms with Crippen molar-refractivity contribution in [3.05, 3.63) is 42.7 Å². The Morgan fingerprint density at radius 1 is 1.52 bits per heavy atom. The molecule has 1 atom stereocenters. The summed E-state index contributed by atoms with van der Waals surface area (Å²) in [5.41, 5.74) is 0. The van der Waals surface area contributed by atoms with Crippen molar-refractivity contribution >= 4 is 34.1 Å². The van der Waals surface area contributed by atoms with Crippen LogP contribution in [0.15, 0.2) is 41.3 Å². The molecule has 0 aliphatic rings. The van der Waals surface area contributed by atoms with Crippen LogP contribution in [0.3, 0.4) is 0 Å². The lowest BCUT2D eigenvalue weighted by Crippen LogP contribution is -2.32. The Balaban J connectivity index is 1.98. The second kappa shape index (κ2) is 8.64. The van der Waals surface area contributed by atoms with Gasteiger partial charge < -0.3 is 4.74 Å². The molecule has 2 rings (SSSR count). The fourth-order valence-corrected chi connectivity index (χ4v) is 3.17. The standard InChI is InChI=1S/C15H16FN3O2S2/c1-3-9-22-15-19-18-14(23-15)17-13(20)11(4-2)21-12-8-6-5-7-10(12)16/h3,5-8,11H,1,4,9H2,2H3,(H,17,18,20). The van der Waals surface area contributed by atoms with Crippen LogP contribution >= 0.6 is 23.1 Å². The van der Waals surface area contributed by atoms with Crippen LogP contribution in [0.1, 0.15) is 13.3 Å². The lowest BCUT2D eigenvalue weighted by molar-refractivity contribution is -0.122. The SMILES string of the molecule is C=CCSc1nnc(NC(=O)C(CC)Oc2ccccc2F)s1. The smallest absolute Gasteiger partial charge is 0.267 e. The zero-order valence-corrected chi connectivity index (χ0v) is 14.1. The highest BCUT2D eigenvalue weighted by Crippen LogP contribution is 2.26. The number of thioether (sulfide) groups is 1. The van der Waals surface area contributed by atoms with Crippen LogP contribution in [-0.4, -0.2) is 28.0 Å². The Bertz CT molecular complexity index is 678. The van der Waals surface area contributed by atoms with E-state index in [1.165, 1.54) is 35.2 Å². The topological polar surface area (TPSA) is 64.1 Å². The second-order valence-corrected chi connectivity index (χ2v) is 6.65. The number of para-hydroxylation sites is 1. The lowest BCUT2D eigenvalue weighted by atomic mass is 10.2. The van der Waals surface area contributed by atoms with Gasteiger partial charge in [0, 0.05) is 5.75 Å². The number of carbonyl (C=O) groups is 1. The maximum absolute atomic E-state index is 13.6. The van der Waals surface area contributed by atoms with Crippen LogP contribution in [0.25, 0.3) is 0 Å². The third-order valence-electron chi connectivity index (χ3n) is 2.73. The van der Waals surface area contributed by atoms with E-state index in [0.29, 0.717) is 11.6 Å². The van der Waals surface area contributed by atoms with E-state index in [-0.39, 0.29) is 11.7 Å². The number of nitrogens with one attached hydrogen (secondary N) is 1. The molecule has 0 aliphatic carbocycles. The predicted molar refractivity (Wildman–Crippen MR) is 90.6 cm³/mol. The molecule has 1 amide bonds. The van der Waals surface area contributed by atoms with Gasteiger partial charge in [0.15, 0.2) is 22.0 Å². The normalized spacial score (nSPS) is 11.7. The molecule has 0 aliphatic heterocycles. The number of amides is 1. The van der Waals surface area contributed by atoms with Gasteiger partial charge in [0.1, 0.15) is 0 Å². The molecule has 0 fully saturated rings. The number of aromatic nitrogens is 2. The van der Waals surface area contributed by atoms with Gasteiger partial charge >= 0.3 is 0 Å². The number of halogens is 1. The van der Waals surface area contributed by atoms with Crippen LogP contribution in [-0.2, 0) is 4.79 Å². The minimum atomic E-state index is -0.805. The molecule has 0 spiro atoms. The number of carbonyl (C=O) groups excluding carboxylic acids is 1. The summed E-state index contributed by atoms with van der Waals surface area (Å²) in [6, 6.07) is 5.98. The average molecular weight is 353 g/mol.